The molecule has 230 valence electrons. The van der Waals surface area contributed by atoms with E-state index < -0.39 is 5.41 Å². The van der Waals surface area contributed by atoms with Crippen LogP contribution in [-0.2, 0) is 4.79 Å². The van der Waals surface area contributed by atoms with Crippen LogP contribution in [0.1, 0.15) is 53.0 Å². The highest BCUT2D eigenvalue weighted by Crippen LogP contribution is 2.36. The van der Waals surface area contributed by atoms with Crippen LogP contribution < -0.4 is 15.0 Å². The lowest BCUT2D eigenvalue weighted by molar-refractivity contribution is -0.134. The van der Waals surface area contributed by atoms with Gasteiger partial charge in [0.25, 0.3) is 0 Å². The highest BCUT2D eigenvalue weighted by Gasteiger charge is 2.43. The molecule has 0 radical (unpaired) electrons. The predicted octanol–water partition coefficient (Wildman–Crippen LogP) is 4.05. The second-order valence-corrected chi connectivity index (χ2v) is 12.5. The summed E-state index contributed by atoms with van der Waals surface area (Å²) in [4.78, 5) is 25.9. The van der Waals surface area contributed by atoms with Gasteiger partial charge in [-0.2, -0.15) is 10.4 Å². The SMILES string of the molecule is CCOc1cc(-c2ccc(N3CCC(CN4CCN(CC)C(C)C4)(C(=O)NCC(C)C)CC3)nc2)c2c(C#N)cnn2c1. The maximum absolute atomic E-state index is 13.7. The van der Waals surface area contributed by atoms with Gasteiger partial charge in [0, 0.05) is 69.2 Å². The van der Waals surface area contributed by atoms with Gasteiger partial charge >= 0.3 is 0 Å². The van der Waals surface area contributed by atoms with E-state index in [1.165, 1.54) is 0 Å². The monoisotopic (exact) mass is 586 g/mol. The zero-order chi connectivity index (χ0) is 30.6. The Bertz CT molecular complexity index is 1440. The van der Waals surface area contributed by atoms with Crippen molar-refractivity contribution in [3.63, 3.8) is 0 Å². The number of amides is 1. The molecule has 1 atom stereocenters. The van der Waals surface area contributed by atoms with E-state index in [1.54, 1.807) is 16.9 Å². The van der Waals surface area contributed by atoms with E-state index >= 15 is 0 Å². The highest BCUT2D eigenvalue weighted by molar-refractivity contribution is 5.85. The Balaban J connectivity index is 1.33. The van der Waals surface area contributed by atoms with E-state index in [9.17, 15) is 10.1 Å². The summed E-state index contributed by atoms with van der Waals surface area (Å²) < 4.78 is 7.47. The molecule has 2 saturated heterocycles. The molecule has 1 amide bonds. The first-order valence-electron chi connectivity index (χ1n) is 15.8. The molecule has 2 fully saturated rings. The highest BCUT2D eigenvalue weighted by atomic mass is 16.5. The van der Waals surface area contributed by atoms with Crippen LogP contribution in [0.3, 0.4) is 0 Å². The molecule has 3 aromatic rings. The predicted molar refractivity (Wildman–Crippen MR) is 169 cm³/mol. The van der Waals surface area contributed by atoms with Crippen molar-refractivity contribution < 1.29 is 9.53 Å². The first kappa shape index (κ1) is 30.8. The molecule has 10 nitrogen and oxygen atoms in total. The number of hydrogen-bond acceptors (Lipinski definition) is 8. The average Bonchev–Trinajstić information content (AvgIpc) is 3.43. The fourth-order valence-electron chi connectivity index (χ4n) is 6.59. The molecule has 43 heavy (non-hydrogen) atoms. The average molecular weight is 587 g/mol. The lowest BCUT2D eigenvalue weighted by atomic mass is 9.76. The summed E-state index contributed by atoms with van der Waals surface area (Å²) in [5.41, 5.74) is 2.60. The van der Waals surface area contributed by atoms with Crippen molar-refractivity contribution >= 4 is 17.2 Å². The number of fused-ring (bicyclic) bond motifs is 1. The number of aromatic nitrogens is 3. The van der Waals surface area contributed by atoms with Gasteiger partial charge in [-0.15, -0.1) is 0 Å². The molecule has 2 aliphatic rings. The second-order valence-electron chi connectivity index (χ2n) is 12.5. The van der Waals surface area contributed by atoms with Gasteiger partial charge < -0.3 is 15.0 Å². The van der Waals surface area contributed by atoms with E-state index in [0.717, 1.165) is 81.1 Å². The number of nitrogens with one attached hydrogen (secondary N) is 1. The maximum atomic E-state index is 13.7. The molecule has 0 aromatic carbocycles. The number of rotatable bonds is 10. The summed E-state index contributed by atoms with van der Waals surface area (Å²) in [5.74, 6) is 2.20. The lowest BCUT2D eigenvalue weighted by Crippen LogP contribution is -2.59. The number of ether oxygens (including phenoxy) is 1. The number of hydrogen-bond donors (Lipinski definition) is 1. The number of pyridine rings is 2. The van der Waals surface area contributed by atoms with Crippen molar-refractivity contribution in [2.75, 3.05) is 63.9 Å². The van der Waals surface area contributed by atoms with Gasteiger partial charge in [-0.05, 0) is 57.4 Å². The number of carbonyl (C=O) groups excluding carboxylic acids is 1. The van der Waals surface area contributed by atoms with E-state index in [1.807, 2.05) is 31.3 Å². The topological polar surface area (TPSA) is 102 Å². The van der Waals surface area contributed by atoms with Gasteiger partial charge in [-0.25, -0.2) is 9.50 Å². The van der Waals surface area contributed by atoms with Crippen molar-refractivity contribution in [3.05, 3.63) is 42.4 Å². The quantitative estimate of drug-likeness (QED) is 0.380. The molecular formula is C33H46N8O2. The van der Waals surface area contributed by atoms with Gasteiger partial charge in [-0.1, -0.05) is 20.8 Å². The van der Waals surface area contributed by atoms with Crippen LogP contribution in [0.15, 0.2) is 36.8 Å². The molecule has 0 spiro atoms. The standard InChI is InChI=1S/C33H46N8O2/c1-6-39-15-14-38(21-25(39)5)23-33(32(42)36-18-24(3)4)10-12-40(13-11-33)30-9-8-26(19-35-30)29-16-28(43-7-2)22-41-31(29)27(17-34)20-37-41/h8-9,16,19-20,22,24-25H,6-7,10-15,18,21,23H2,1-5H3,(H,36,42). The van der Waals surface area contributed by atoms with Gasteiger partial charge in [0.1, 0.15) is 17.6 Å². The third-order valence-corrected chi connectivity index (χ3v) is 9.06. The minimum absolute atomic E-state index is 0.196. The zero-order valence-corrected chi connectivity index (χ0v) is 26.3. The molecule has 0 saturated carbocycles. The molecule has 2 aliphatic heterocycles. The largest absolute Gasteiger partial charge is 0.492 e. The number of nitrogens with zero attached hydrogens (tertiary/aromatic N) is 7. The molecule has 1 unspecified atom stereocenters. The van der Waals surface area contributed by atoms with Crippen LogP contribution in [0.4, 0.5) is 5.82 Å². The van der Waals surface area contributed by atoms with E-state index in [2.05, 4.69) is 58.9 Å². The normalized spacial score (nSPS) is 19.5. The Kier molecular flexibility index (Phi) is 9.52. The van der Waals surface area contributed by atoms with E-state index in [4.69, 9.17) is 9.72 Å². The summed E-state index contributed by atoms with van der Waals surface area (Å²) >= 11 is 0. The molecule has 5 rings (SSSR count). The summed E-state index contributed by atoms with van der Waals surface area (Å²) in [6.07, 6.45) is 6.83. The van der Waals surface area contributed by atoms with Crippen molar-refractivity contribution in [3.8, 4) is 22.9 Å². The Morgan fingerprint density at radius 2 is 1.98 bits per heavy atom. The lowest BCUT2D eigenvalue weighted by Gasteiger charge is -2.46. The maximum Gasteiger partial charge on any atom is 0.227 e. The molecule has 0 bridgehead atoms. The number of carbonyl (C=O) groups is 1. The first-order valence-corrected chi connectivity index (χ1v) is 15.8. The van der Waals surface area contributed by atoms with Crippen molar-refractivity contribution in [2.45, 2.75) is 53.5 Å². The van der Waals surface area contributed by atoms with Crippen molar-refractivity contribution in [1.29, 1.82) is 5.26 Å². The zero-order valence-electron chi connectivity index (χ0n) is 26.3. The third-order valence-electron chi connectivity index (χ3n) is 9.06. The number of nitriles is 1. The van der Waals surface area contributed by atoms with Crippen LogP contribution >= 0.6 is 0 Å². The van der Waals surface area contributed by atoms with Gasteiger partial charge in [0.15, 0.2) is 0 Å². The first-order chi connectivity index (χ1) is 20.8. The van der Waals surface area contributed by atoms with Gasteiger partial charge in [0.05, 0.1) is 35.5 Å². The van der Waals surface area contributed by atoms with Crippen molar-refractivity contribution in [1.82, 2.24) is 29.7 Å². The van der Waals surface area contributed by atoms with Crippen molar-refractivity contribution in [2.24, 2.45) is 11.3 Å². The molecule has 3 aromatic heterocycles. The fourth-order valence-corrected chi connectivity index (χ4v) is 6.59. The Labute approximate surface area is 255 Å². The van der Waals surface area contributed by atoms with E-state index in [-0.39, 0.29) is 5.91 Å². The second kappa shape index (κ2) is 13.3. The summed E-state index contributed by atoms with van der Waals surface area (Å²) in [5, 5.41) is 17.3. The van der Waals surface area contributed by atoms with E-state index in [0.29, 0.717) is 36.4 Å². The fraction of sp³-hybridized carbons (Fsp3) is 0.576. The number of anilines is 1. The Morgan fingerprint density at radius 3 is 2.60 bits per heavy atom. The summed E-state index contributed by atoms with van der Waals surface area (Å²) in [7, 11) is 0. The molecule has 0 aliphatic carbocycles. The Morgan fingerprint density at radius 1 is 1.19 bits per heavy atom. The third kappa shape index (κ3) is 6.63. The van der Waals surface area contributed by atoms with Crippen LogP contribution in [0.5, 0.6) is 5.75 Å². The molecular weight excluding hydrogens is 540 g/mol. The summed E-state index contributed by atoms with van der Waals surface area (Å²) in [6, 6.07) is 8.79. The van der Waals surface area contributed by atoms with Crippen LogP contribution in [0.25, 0.3) is 16.6 Å². The molecule has 10 heteroatoms. The van der Waals surface area contributed by atoms with Gasteiger partial charge in [-0.3, -0.25) is 14.6 Å². The number of likely N-dealkylation sites (N-methyl/N-ethyl adjacent to an activating group) is 1. The minimum Gasteiger partial charge on any atom is -0.492 e. The number of piperidine rings is 1. The van der Waals surface area contributed by atoms with Crippen LogP contribution in [0.2, 0.25) is 0 Å². The summed E-state index contributed by atoms with van der Waals surface area (Å²) in [6.45, 7) is 18.5. The number of piperazine rings is 1. The molecule has 5 heterocycles. The Hall–Kier alpha value is -3.68. The smallest absolute Gasteiger partial charge is 0.227 e. The molecule has 1 N–H and O–H groups in total. The van der Waals surface area contributed by atoms with Gasteiger partial charge in [0.2, 0.25) is 5.91 Å². The van der Waals surface area contributed by atoms with Crippen LogP contribution in [0, 0.1) is 22.7 Å². The van der Waals surface area contributed by atoms with Crippen LogP contribution in [-0.4, -0.2) is 95.3 Å². The minimum atomic E-state index is -0.402.